The summed E-state index contributed by atoms with van der Waals surface area (Å²) in [5.74, 6) is -1.10. The Balaban J connectivity index is 1.56. The fraction of sp³-hybridized carbons (Fsp3) is 0.412. The predicted octanol–water partition coefficient (Wildman–Crippen LogP) is 6.65. The number of rotatable bonds is 15. The Labute approximate surface area is 303 Å². The number of halogens is 3. The molecular weight excluding hydrogens is 734 g/mol. The molecule has 0 aliphatic heterocycles. The highest BCUT2D eigenvalue weighted by Crippen LogP contribution is 2.38. The van der Waals surface area contributed by atoms with Crippen LogP contribution in [-0.4, -0.2) is 63.5 Å². The Hall–Kier alpha value is -4.15. The number of hydrogen-bond donors (Lipinski definition) is 0. The van der Waals surface area contributed by atoms with Gasteiger partial charge in [-0.1, -0.05) is 29.4 Å². The molecule has 0 unspecified atom stereocenters. The second kappa shape index (κ2) is 16.9. The van der Waals surface area contributed by atoms with Crippen molar-refractivity contribution in [2.45, 2.75) is 58.4 Å². The minimum absolute atomic E-state index is 0.0299. The Bertz CT molecular complexity index is 1850. The zero-order chi connectivity index (χ0) is 37.5. The summed E-state index contributed by atoms with van der Waals surface area (Å²) in [4.78, 5) is 42.3. The second-order valence-electron chi connectivity index (χ2n) is 12.5. The number of benzene rings is 2. The maximum absolute atomic E-state index is 13.3. The summed E-state index contributed by atoms with van der Waals surface area (Å²) in [5, 5.41) is -0.285. The second-order valence-corrected chi connectivity index (χ2v) is 15.7. The number of aromatic nitrogens is 1. The van der Waals surface area contributed by atoms with Gasteiger partial charge in [0.25, 0.3) is 0 Å². The van der Waals surface area contributed by atoms with E-state index in [0.29, 0.717) is 44.7 Å². The first-order chi connectivity index (χ1) is 23.9. The van der Waals surface area contributed by atoms with Crippen molar-refractivity contribution in [2.75, 3.05) is 30.0 Å². The van der Waals surface area contributed by atoms with Gasteiger partial charge in [-0.25, -0.2) is 18.2 Å². The molecule has 17 heteroatoms. The van der Waals surface area contributed by atoms with Crippen LogP contribution in [0, 0.1) is 5.92 Å². The maximum Gasteiger partial charge on any atom is 0.429 e. The van der Waals surface area contributed by atoms with E-state index in [0.717, 1.165) is 25.2 Å². The van der Waals surface area contributed by atoms with Crippen molar-refractivity contribution in [1.29, 1.82) is 0 Å². The minimum atomic E-state index is -4.25. The number of carbonyl (C=O) groups excluding carboxylic acids is 3. The molecule has 0 spiro atoms. The Morgan fingerprint density at radius 2 is 1.76 bits per heavy atom. The molecule has 1 N–H and O–H groups in total. The van der Waals surface area contributed by atoms with Gasteiger partial charge in [-0.15, -0.1) is 0 Å². The van der Waals surface area contributed by atoms with Gasteiger partial charge in [0.05, 0.1) is 25.7 Å². The number of alkyl halides is 2. The van der Waals surface area contributed by atoms with Crippen LogP contribution in [0.1, 0.15) is 61.2 Å². The van der Waals surface area contributed by atoms with E-state index in [9.17, 15) is 31.6 Å². The summed E-state index contributed by atoms with van der Waals surface area (Å²) in [7, 11) is -2.99. The van der Waals surface area contributed by atoms with E-state index in [1.807, 2.05) is 0 Å². The average molecular weight is 772 g/mol. The molecule has 1 amide bonds. The van der Waals surface area contributed by atoms with Crippen LogP contribution < -0.4 is 23.5 Å². The van der Waals surface area contributed by atoms with Gasteiger partial charge in [0, 0.05) is 18.1 Å². The third-order valence-corrected chi connectivity index (χ3v) is 9.39. The van der Waals surface area contributed by atoms with Gasteiger partial charge in [0.15, 0.2) is 23.9 Å². The van der Waals surface area contributed by atoms with Crippen molar-refractivity contribution < 1.29 is 60.3 Å². The molecule has 0 radical (unpaired) electrons. The number of anilines is 1. The molecule has 0 saturated heterocycles. The van der Waals surface area contributed by atoms with Crippen molar-refractivity contribution in [3.05, 3.63) is 76.6 Å². The number of ether oxygens (including phenoxy) is 5. The van der Waals surface area contributed by atoms with E-state index in [1.54, 1.807) is 39.2 Å². The van der Waals surface area contributed by atoms with Gasteiger partial charge in [-0.05, 0) is 81.0 Å². The van der Waals surface area contributed by atoms with Gasteiger partial charge in [0.1, 0.15) is 28.2 Å². The number of nitrogens with one attached hydrogen (secondary N) is 1. The summed E-state index contributed by atoms with van der Waals surface area (Å²) >= 11 is 6.95. The molecule has 1 saturated carbocycles. The lowest BCUT2D eigenvalue weighted by molar-refractivity contribution is -0.378. The Kier molecular flexibility index (Phi) is 13.1. The number of sulfonamides is 1. The molecule has 0 bridgehead atoms. The number of hydrogen-bond acceptors (Lipinski definition) is 11. The third kappa shape index (κ3) is 11.7. The summed E-state index contributed by atoms with van der Waals surface area (Å²) in [6.45, 7) is 1.91. The molecule has 51 heavy (non-hydrogen) atoms. The van der Waals surface area contributed by atoms with E-state index in [1.165, 1.54) is 37.4 Å². The Morgan fingerprint density at radius 1 is 1.06 bits per heavy atom. The van der Waals surface area contributed by atoms with Gasteiger partial charge >= 0.3 is 18.7 Å². The van der Waals surface area contributed by atoms with Gasteiger partial charge < -0.3 is 23.7 Å². The average Bonchev–Trinajstić information content (AvgIpc) is 3.87. The standard InChI is InChI=1S/C34H37ClF2N2O10S2/c1-34(2,3)49-33(42)39(51(5,43)44)25-14-23(9-10-26(25)45-4)31(41)50-19-30(40)47-28(15-21-12-13-38-17-24(21)35)22-8-11-27(48-32(36)37)29(16-22)46-18-20-6-7-20/h8-14,16-17,20,28,32H,6-7,15,18-19H2,1-5H3/p+1/t28-/m0/s1. The molecule has 4 rings (SSSR count). The van der Waals surface area contributed by atoms with Crippen molar-refractivity contribution in [3.8, 4) is 17.2 Å². The topological polar surface area (TPSA) is 149 Å². The van der Waals surface area contributed by atoms with Crippen LogP contribution in [0.5, 0.6) is 17.2 Å². The number of pyridine rings is 1. The van der Waals surface area contributed by atoms with Crippen molar-refractivity contribution >= 4 is 56.3 Å². The first-order valence-electron chi connectivity index (χ1n) is 15.6. The molecular formula is C34H38ClF2N2O10S2+. The fourth-order valence-corrected chi connectivity index (χ4v) is 6.27. The fourth-order valence-electron chi connectivity index (χ4n) is 4.65. The highest BCUT2D eigenvalue weighted by molar-refractivity contribution is 8.14. The Morgan fingerprint density at radius 3 is 2.37 bits per heavy atom. The summed E-state index contributed by atoms with van der Waals surface area (Å²) in [5.41, 5.74) is -0.336. The number of esters is 1. The van der Waals surface area contributed by atoms with Gasteiger partial charge in [-0.3, -0.25) is 9.59 Å². The minimum Gasteiger partial charge on any atom is -0.495 e. The largest absolute Gasteiger partial charge is 0.495 e. The summed E-state index contributed by atoms with van der Waals surface area (Å²) in [6, 6.07) is 9.75. The van der Waals surface area contributed by atoms with Crippen molar-refractivity contribution in [2.24, 2.45) is 5.92 Å². The number of nitrogens with zero attached hydrogens (tertiary/aromatic N) is 1. The molecule has 276 valence electrons. The van der Waals surface area contributed by atoms with E-state index in [4.69, 9.17) is 30.5 Å². The zero-order valence-corrected chi connectivity index (χ0v) is 30.8. The SMILES string of the molecule is COc1ccc(C(=O)SCC(=O)O[C@@H](Cc2cc[nH+]cc2Cl)c2ccc(OC(F)F)c(OCC3CC3)c2)cc1N(C(=O)OC(C)(C)C)S(C)(=O)=O. The summed E-state index contributed by atoms with van der Waals surface area (Å²) < 4.78 is 78.9. The van der Waals surface area contributed by atoms with Crippen LogP contribution >= 0.6 is 23.4 Å². The molecule has 12 nitrogen and oxygen atoms in total. The van der Waals surface area contributed by atoms with E-state index < -0.39 is 51.3 Å². The van der Waals surface area contributed by atoms with Crippen molar-refractivity contribution in [3.63, 3.8) is 0 Å². The highest BCUT2D eigenvalue weighted by atomic mass is 35.5. The molecule has 1 fully saturated rings. The van der Waals surface area contributed by atoms with Crippen LogP contribution in [0.4, 0.5) is 19.3 Å². The predicted molar refractivity (Wildman–Crippen MR) is 185 cm³/mol. The van der Waals surface area contributed by atoms with Gasteiger partial charge in [0.2, 0.25) is 15.1 Å². The molecule has 2 aromatic carbocycles. The zero-order valence-electron chi connectivity index (χ0n) is 28.4. The number of methoxy groups -OCH3 is 1. The van der Waals surface area contributed by atoms with Crippen LogP contribution in [0.2, 0.25) is 5.02 Å². The maximum atomic E-state index is 13.3. The van der Waals surface area contributed by atoms with Crippen LogP contribution in [-0.2, 0) is 30.7 Å². The van der Waals surface area contributed by atoms with E-state index in [2.05, 4.69) is 9.72 Å². The van der Waals surface area contributed by atoms with Gasteiger partial charge in [-0.2, -0.15) is 13.1 Å². The van der Waals surface area contributed by atoms with Crippen LogP contribution in [0.15, 0.2) is 54.9 Å². The van der Waals surface area contributed by atoms with E-state index >= 15 is 0 Å². The first kappa shape index (κ1) is 39.6. The lowest BCUT2D eigenvalue weighted by Crippen LogP contribution is -2.40. The molecule has 1 aromatic heterocycles. The molecule has 1 aliphatic carbocycles. The lowest BCUT2D eigenvalue weighted by Gasteiger charge is -2.27. The first-order valence-corrected chi connectivity index (χ1v) is 18.8. The third-order valence-electron chi connectivity index (χ3n) is 7.15. The number of carbonyl (C=O) groups is 3. The normalized spacial score (nSPS) is 13.7. The lowest BCUT2D eigenvalue weighted by atomic mass is 10.0. The number of amides is 1. The number of aromatic amines is 1. The highest BCUT2D eigenvalue weighted by Gasteiger charge is 2.33. The molecule has 3 aromatic rings. The molecule has 1 atom stereocenters. The smallest absolute Gasteiger partial charge is 0.429 e. The molecule has 1 heterocycles. The van der Waals surface area contributed by atoms with E-state index in [-0.39, 0.29) is 34.9 Å². The number of thioether (sulfide) groups is 1. The quantitative estimate of drug-likeness (QED) is 0.153. The monoisotopic (exact) mass is 771 g/mol. The van der Waals surface area contributed by atoms with Crippen molar-refractivity contribution in [1.82, 2.24) is 0 Å². The summed E-state index contributed by atoms with van der Waals surface area (Å²) in [6.07, 6.45) is 3.80. The molecule has 1 aliphatic rings. The van der Waals surface area contributed by atoms with Crippen LogP contribution in [0.3, 0.4) is 0 Å². The number of H-pyrrole nitrogens is 1. The van der Waals surface area contributed by atoms with Crippen LogP contribution in [0.25, 0.3) is 0 Å².